The lowest BCUT2D eigenvalue weighted by Gasteiger charge is -2.26. The molecule has 41 heteroatoms. The maximum absolute atomic E-state index is 13.6. The van der Waals surface area contributed by atoms with Gasteiger partial charge in [0.15, 0.2) is 30.2 Å². The molecule has 0 bridgehead atoms. The fraction of sp³-hybridized carbons (Fsp3) is 0.576. The molecule has 3 aliphatic rings. The smallest absolute Gasteiger partial charge is 0.387 e. The summed E-state index contributed by atoms with van der Waals surface area (Å²) >= 11 is 0. The molecule has 3 fully saturated rings. The Balaban J connectivity index is 0.942. The molecule has 0 aliphatic carbocycles. The van der Waals surface area contributed by atoms with Crippen LogP contribution >= 0.6 is 31.3 Å². The number of phosphoric acid groups is 4. The fourth-order valence-corrected chi connectivity index (χ4v) is 12.7. The molecule has 408 valence electrons. The first-order valence-electron chi connectivity index (χ1n) is 21.1. The third-order valence-electron chi connectivity index (χ3n) is 11.4. The number of phosphoric ester groups is 3. The van der Waals surface area contributed by atoms with Crippen molar-refractivity contribution in [2.45, 2.75) is 73.6 Å². The van der Waals surface area contributed by atoms with Crippen molar-refractivity contribution in [2.24, 2.45) is 7.05 Å². The second kappa shape index (κ2) is 21.4. The van der Waals surface area contributed by atoms with E-state index in [1.165, 1.54) is 40.5 Å². The third kappa shape index (κ3) is 11.5. The molecule has 37 nitrogen and oxygen atoms in total. The number of imidazole rings is 2. The largest absolute Gasteiger partial charge is 0.490 e. The lowest BCUT2D eigenvalue weighted by Crippen LogP contribution is -2.46. The summed E-state index contributed by atoms with van der Waals surface area (Å²) in [5.41, 5.74) is 3.53. The average Bonchev–Trinajstić information content (AvgIpc) is 4.11. The molecule has 74 heavy (non-hydrogen) atoms. The summed E-state index contributed by atoms with van der Waals surface area (Å²) in [7, 11) is -18.1. The molecular formula is C33H47N12O25P4+. The Labute approximate surface area is 411 Å². The zero-order valence-electron chi connectivity index (χ0n) is 38.4. The number of nitrogen functional groups attached to an aromatic ring is 1. The van der Waals surface area contributed by atoms with Gasteiger partial charge < -0.3 is 69.6 Å². The summed E-state index contributed by atoms with van der Waals surface area (Å²) in [6, 6.07) is 0.929. The van der Waals surface area contributed by atoms with E-state index < -0.39 is 142 Å². The number of aromatic amines is 2. The number of hydrogen-bond donors (Lipinski definition) is 11. The molecular weight excluding hydrogens is 1090 g/mol. The number of ether oxygens (including phenoxy) is 5. The molecule has 3 aliphatic heterocycles. The van der Waals surface area contributed by atoms with Gasteiger partial charge in [-0.3, -0.25) is 51.4 Å². The Hall–Kier alpha value is -4.62. The van der Waals surface area contributed by atoms with Gasteiger partial charge >= 0.3 is 42.6 Å². The van der Waals surface area contributed by atoms with Crippen molar-refractivity contribution in [3.05, 3.63) is 62.4 Å². The van der Waals surface area contributed by atoms with Crippen molar-refractivity contribution in [1.82, 2.24) is 43.6 Å². The number of nitrogens with one attached hydrogen (secondary N) is 3. The summed E-state index contributed by atoms with van der Waals surface area (Å²) in [5.74, 6) is -0.0252. The number of aromatic nitrogens is 10. The van der Waals surface area contributed by atoms with Crippen molar-refractivity contribution >= 4 is 65.4 Å². The van der Waals surface area contributed by atoms with Crippen LogP contribution in [0.25, 0.3) is 22.3 Å². The Bertz CT molecular complexity index is 3260. The van der Waals surface area contributed by atoms with Gasteiger partial charge in [0.05, 0.1) is 33.2 Å². The number of methoxy groups -OCH3 is 2. The molecule has 0 spiro atoms. The second-order valence-electron chi connectivity index (χ2n) is 16.1. The van der Waals surface area contributed by atoms with Gasteiger partial charge in [-0.05, 0) is 0 Å². The first-order valence-corrected chi connectivity index (χ1v) is 27.1. The van der Waals surface area contributed by atoms with Crippen LogP contribution in [-0.4, -0.2) is 175 Å². The molecule has 5 aromatic rings. The predicted octanol–water partition coefficient (Wildman–Crippen LogP) is -3.76. The SMILES string of the molecule is CNc1ncnc2c1ncn2[C@@H]1O[C@H](COP(=O)(O)OP(=O)(O)OP(=O)(O)OC[C@H]2O[C@@H]([n+]3cn(C)c4c(=O)[nH]c(N)nc43)C(O)[C@H]2OC)C(OP(=O)(O)OC[C@H]2O[C@@H](n3ccc(=O)[nH]c3=O)[C@@H](O)C2O)[C@@H]1OC. The average molecular weight is 1140 g/mol. The van der Waals surface area contributed by atoms with Gasteiger partial charge in [0.25, 0.3) is 17.1 Å². The highest BCUT2D eigenvalue weighted by Crippen LogP contribution is 2.68. The highest BCUT2D eigenvalue weighted by molar-refractivity contribution is 7.66. The first-order chi connectivity index (χ1) is 34.8. The molecule has 5 aromatic heterocycles. The van der Waals surface area contributed by atoms with E-state index in [2.05, 4.69) is 38.9 Å². The highest BCUT2D eigenvalue weighted by Gasteiger charge is 2.54. The van der Waals surface area contributed by atoms with Crippen LogP contribution in [0, 0.1) is 0 Å². The third-order valence-corrected chi connectivity index (χ3v) is 16.6. The molecule has 3 saturated heterocycles. The van der Waals surface area contributed by atoms with Gasteiger partial charge in [0.1, 0.15) is 66.8 Å². The van der Waals surface area contributed by atoms with E-state index in [9.17, 15) is 67.5 Å². The monoisotopic (exact) mass is 1140 g/mol. The van der Waals surface area contributed by atoms with E-state index in [0.29, 0.717) is 0 Å². The van der Waals surface area contributed by atoms with Crippen molar-refractivity contribution in [3.8, 4) is 0 Å². The fourth-order valence-electron chi connectivity index (χ4n) is 8.23. The van der Waals surface area contributed by atoms with E-state index in [4.69, 9.17) is 47.5 Å². The van der Waals surface area contributed by atoms with E-state index in [-0.39, 0.29) is 34.1 Å². The quantitative estimate of drug-likeness (QED) is 0.0248. The van der Waals surface area contributed by atoms with Crippen molar-refractivity contribution in [3.63, 3.8) is 0 Å². The number of rotatable bonds is 21. The molecule has 7 unspecified atom stereocenters. The number of anilines is 2. The molecule has 0 saturated carbocycles. The molecule has 8 rings (SSSR count). The lowest BCUT2D eigenvalue weighted by molar-refractivity contribution is -0.745. The minimum Gasteiger partial charge on any atom is -0.387 e. The number of hydrogen-bond acceptors (Lipinski definition) is 27. The standard InChI is InChI=1S/C33H46N12O25P4/c1-35-25-17-26(37-10-36-25)44(11-38-17)31-24(61-4)23(68-71(52,53)62-7-13-19(47)20(48)29(65-13)43-6-5-16(46)39-33(43)51)15(67-31)9-64-73(56,57)70-74(58,59)69-72(54,55)63-8-14-22(60-3)21(49)30(66-14)45-12-42(2)18-27(45)40-32(34)41-28(18)50/h5-6,10-15,19-24,29-31,47-49H,7-9H2,1-4H3,(H8-,34,35,36,37,39,40,41,46,50,51,52,53,54,55,56,57,58,59)/p+1/t13-,14-,15-,19?,20+,21?,22+,23?,24+,29-,30-,31-/m1/s1. The van der Waals surface area contributed by atoms with Crippen molar-refractivity contribution < 1.29 is 108 Å². The Morgan fingerprint density at radius 1 is 0.770 bits per heavy atom. The summed E-state index contributed by atoms with van der Waals surface area (Å²) in [5, 5.41) is 35.2. The maximum atomic E-state index is 13.6. The summed E-state index contributed by atoms with van der Waals surface area (Å²) < 4.78 is 114. The number of aryl methyl sites for hydroxylation is 1. The number of aliphatic hydroxyl groups is 3. The van der Waals surface area contributed by atoms with Crippen LogP contribution in [0.1, 0.15) is 18.7 Å². The zero-order valence-corrected chi connectivity index (χ0v) is 41.9. The van der Waals surface area contributed by atoms with Crippen LogP contribution in [0.2, 0.25) is 0 Å². The van der Waals surface area contributed by atoms with Gasteiger partial charge in [-0.1, -0.05) is 4.98 Å². The Morgan fingerprint density at radius 2 is 1.39 bits per heavy atom. The van der Waals surface area contributed by atoms with Gasteiger partial charge in [-0.2, -0.15) is 8.62 Å². The predicted molar refractivity (Wildman–Crippen MR) is 238 cm³/mol. The molecule has 0 amide bonds. The maximum Gasteiger partial charge on any atom is 0.490 e. The van der Waals surface area contributed by atoms with Crippen LogP contribution < -0.4 is 32.4 Å². The molecule has 16 atom stereocenters. The van der Waals surface area contributed by atoms with E-state index in [0.717, 1.165) is 37.4 Å². The Morgan fingerprint density at radius 3 is 2.03 bits per heavy atom. The van der Waals surface area contributed by atoms with Crippen LogP contribution in [0.5, 0.6) is 0 Å². The minimum atomic E-state index is -6.17. The summed E-state index contributed by atoms with van der Waals surface area (Å²) in [6.07, 6.45) is -14.6. The van der Waals surface area contributed by atoms with Gasteiger partial charge in [-0.15, -0.1) is 0 Å². The van der Waals surface area contributed by atoms with Gasteiger partial charge in [-0.25, -0.2) is 42.6 Å². The number of nitrogens with two attached hydrogens (primary N) is 1. The Kier molecular flexibility index (Phi) is 16.1. The summed E-state index contributed by atoms with van der Waals surface area (Å²) in [6.45, 7) is -3.26. The van der Waals surface area contributed by atoms with Gasteiger partial charge in [0.2, 0.25) is 11.7 Å². The van der Waals surface area contributed by atoms with E-state index in [1.807, 2.05) is 4.98 Å². The molecule has 0 aromatic carbocycles. The lowest BCUT2D eigenvalue weighted by atomic mass is 10.1. The van der Waals surface area contributed by atoms with Crippen LogP contribution in [0.15, 0.2) is 45.6 Å². The number of H-pyrrole nitrogens is 2. The van der Waals surface area contributed by atoms with Gasteiger partial charge in [0, 0.05) is 33.5 Å². The minimum absolute atomic E-state index is 0.0224. The number of aliphatic hydroxyl groups excluding tert-OH is 3. The second-order valence-corrected chi connectivity index (χ2v) is 22.2. The number of nitrogens with zero attached hydrogens (tertiary/aromatic N) is 8. The molecule has 8 heterocycles. The topological polar surface area (TPSA) is 502 Å². The molecule has 0 radical (unpaired) electrons. The van der Waals surface area contributed by atoms with E-state index >= 15 is 0 Å². The van der Waals surface area contributed by atoms with E-state index in [1.54, 1.807) is 0 Å². The van der Waals surface area contributed by atoms with Crippen LogP contribution in [0.4, 0.5) is 11.8 Å². The highest BCUT2D eigenvalue weighted by atomic mass is 31.3. The van der Waals surface area contributed by atoms with Crippen LogP contribution in [0.3, 0.4) is 0 Å². The molecule has 12 N–H and O–H groups in total. The van der Waals surface area contributed by atoms with Crippen molar-refractivity contribution in [2.75, 3.05) is 52.1 Å². The number of fused-ring (bicyclic) bond motifs is 2. The zero-order chi connectivity index (χ0) is 53.8. The first kappa shape index (κ1) is 55.6. The summed E-state index contributed by atoms with van der Waals surface area (Å²) in [4.78, 5) is 99.7. The van der Waals surface area contributed by atoms with Crippen LogP contribution in [-0.2, 0) is 75.7 Å². The normalized spacial score (nSPS) is 30.6. The van der Waals surface area contributed by atoms with Crippen molar-refractivity contribution in [1.29, 1.82) is 0 Å².